The zero-order chi connectivity index (χ0) is 20.9. The van der Waals surface area contributed by atoms with Crippen LogP contribution in [-0.4, -0.2) is 4.01 Å². The number of allylic oxidation sites excluding steroid dienone is 3. The molecule has 0 amide bonds. The molecule has 0 saturated carbocycles. The molecular formula is C26H28IN3. The fourth-order valence-electron chi connectivity index (χ4n) is 3.02. The van der Waals surface area contributed by atoms with Gasteiger partial charge in [-0.15, -0.1) is 0 Å². The predicted octanol–water partition coefficient (Wildman–Crippen LogP) is 5.31. The highest BCUT2D eigenvalue weighted by molar-refractivity contribution is 14.2. The van der Waals surface area contributed by atoms with Crippen molar-refractivity contribution in [2.45, 2.75) is 19.6 Å². The summed E-state index contributed by atoms with van der Waals surface area (Å²) >= 11 is 0.166. The molecule has 1 aliphatic rings. The van der Waals surface area contributed by atoms with Gasteiger partial charge >= 0.3 is 0 Å². The van der Waals surface area contributed by atoms with E-state index in [0.717, 1.165) is 13.1 Å². The summed E-state index contributed by atoms with van der Waals surface area (Å²) < 4.78 is 4.56. The lowest BCUT2D eigenvalue weighted by atomic mass is 10.0. The normalized spacial score (nSPS) is 12.4. The van der Waals surface area contributed by atoms with E-state index >= 15 is 0 Å². The summed E-state index contributed by atoms with van der Waals surface area (Å²) in [6, 6.07) is 29.4. The summed E-state index contributed by atoms with van der Waals surface area (Å²) in [7, 11) is 0. The van der Waals surface area contributed by atoms with E-state index < -0.39 is 0 Å². The van der Waals surface area contributed by atoms with Gasteiger partial charge in [0, 0.05) is 19.6 Å². The molecular weight excluding hydrogens is 481 g/mol. The monoisotopic (exact) mass is 509 g/mol. The fraction of sp³-hybridized carbons (Fsp3) is 0.115. The highest BCUT2D eigenvalue weighted by Crippen LogP contribution is 2.21. The first kappa shape index (κ1) is 22.3. The third-order valence-corrected chi connectivity index (χ3v) is 6.09. The summed E-state index contributed by atoms with van der Waals surface area (Å²) in [5.74, 6) is 5.31. The van der Waals surface area contributed by atoms with Gasteiger partial charge in [-0.2, -0.15) is 0 Å². The number of hydrazine groups is 1. The summed E-state index contributed by atoms with van der Waals surface area (Å²) in [5, 5.41) is 3.42. The molecule has 0 bridgehead atoms. The number of hydrogen-bond acceptors (Lipinski definition) is 3. The van der Waals surface area contributed by atoms with Crippen molar-refractivity contribution in [3.05, 3.63) is 123 Å². The molecule has 4 heteroatoms. The first-order chi connectivity index (χ1) is 14.8. The Bertz CT molecular complexity index is 940. The van der Waals surface area contributed by atoms with Crippen molar-refractivity contribution in [1.82, 2.24) is 10.7 Å². The van der Waals surface area contributed by atoms with Crippen molar-refractivity contribution in [3.8, 4) is 0 Å². The molecule has 0 aromatic heterocycles. The topological polar surface area (TPSA) is 50.1 Å². The number of rotatable bonds is 7. The third kappa shape index (κ3) is 7.80. The Balaban J connectivity index is 0.000000171. The molecule has 0 fully saturated rings. The lowest BCUT2D eigenvalue weighted by molar-refractivity contribution is 0.693. The van der Waals surface area contributed by atoms with Crippen LogP contribution in [0.15, 0.2) is 101 Å². The van der Waals surface area contributed by atoms with Gasteiger partial charge in [0.25, 0.3) is 0 Å². The maximum atomic E-state index is 5.31. The molecule has 0 atom stereocenters. The Morgan fingerprint density at radius 2 is 1.33 bits per heavy atom. The highest BCUT2D eigenvalue weighted by Gasteiger charge is 2.00. The smallest absolute Gasteiger partial charge is 0.0348 e. The van der Waals surface area contributed by atoms with Crippen LogP contribution in [0, 0.1) is 0 Å². The molecule has 0 spiro atoms. The van der Waals surface area contributed by atoms with Crippen LogP contribution >= 0.6 is 20.7 Å². The van der Waals surface area contributed by atoms with Crippen LogP contribution in [0.5, 0.6) is 0 Å². The number of nitrogens with two attached hydrogens (primary N) is 1. The summed E-state index contributed by atoms with van der Waals surface area (Å²) in [6.45, 7) is 2.56. The Morgan fingerprint density at radius 3 is 1.90 bits per heavy atom. The van der Waals surface area contributed by atoms with E-state index in [4.69, 9.17) is 5.84 Å². The minimum Gasteiger partial charge on any atom is -0.309 e. The Kier molecular flexibility index (Phi) is 9.69. The van der Waals surface area contributed by atoms with Crippen molar-refractivity contribution >= 4 is 30.3 Å². The second-order valence-electron chi connectivity index (χ2n) is 6.82. The van der Waals surface area contributed by atoms with E-state index in [-0.39, 0.29) is 20.7 Å². The number of nitrogens with one attached hydrogen (secondary N) is 2. The van der Waals surface area contributed by atoms with E-state index in [2.05, 4.69) is 104 Å². The van der Waals surface area contributed by atoms with Crippen LogP contribution in [0.2, 0.25) is 0 Å². The lowest BCUT2D eigenvalue weighted by Crippen LogP contribution is -2.20. The average molecular weight is 509 g/mol. The van der Waals surface area contributed by atoms with Gasteiger partial charge in [0.2, 0.25) is 0 Å². The maximum absolute atomic E-state index is 5.31. The molecule has 0 unspecified atom stereocenters. The molecule has 3 aromatic carbocycles. The zero-order valence-corrected chi connectivity index (χ0v) is 19.1. The zero-order valence-electron chi connectivity index (χ0n) is 17.0. The standard InChI is InChI=1S/C14H15N.C12H13IN2/c1-3-7-13(8-4-1)11-15-12-14-9-5-2-6-10-14;14-15-9-10-2-1-3-12(8-10)11-4-6-13-7-5-11/h1-10,15H,11-12H2;1-8,15H,9,14H2. The van der Waals surface area contributed by atoms with E-state index in [9.17, 15) is 0 Å². The quantitative estimate of drug-likeness (QED) is 0.230. The lowest BCUT2D eigenvalue weighted by Gasteiger charge is -2.06. The summed E-state index contributed by atoms with van der Waals surface area (Å²) in [5.41, 5.74) is 9.10. The van der Waals surface area contributed by atoms with Crippen LogP contribution < -0.4 is 16.6 Å². The first-order valence-corrected chi connectivity index (χ1v) is 12.5. The molecule has 4 N–H and O–H groups in total. The molecule has 0 saturated heterocycles. The highest BCUT2D eigenvalue weighted by atomic mass is 127. The van der Waals surface area contributed by atoms with Crippen LogP contribution in [0.3, 0.4) is 0 Å². The van der Waals surface area contributed by atoms with Crippen molar-refractivity contribution < 1.29 is 0 Å². The van der Waals surface area contributed by atoms with E-state index in [1.165, 1.54) is 27.8 Å². The first-order valence-electron chi connectivity index (χ1n) is 9.98. The summed E-state index contributed by atoms with van der Waals surface area (Å²) in [6.07, 6.45) is 4.42. The second-order valence-corrected chi connectivity index (χ2v) is 8.98. The van der Waals surface area contributed by atoms with E-state index in [0.29, 0.717) is 6.54 Å². The van der Waals surface area contributed by atoms with Crippen LogP contribution in [-0.2, 0) is 19.6 Å². The molecule has 1 aliphatic heterocycles. The van der Waals surface area contributed by atoms with Gasteiger partial charge < -0.3 is 5.32 Å². The second kappa shape index (κ2) is 13.0. The van der Waals surface area contributed by atoms with E-state index in [1.54, 1.807) is 0 Å². The van der Waals surface area contributed by atoms with E-state index in [1.807, 2.05) is 12.1 Å². The largest absolute Gasteiger partial charge is 0.309 e. The van der Waals surface area contributed by atoms with Crippen molar-refractivity contribution in [2.75, 3.05) is 0 Å². The molecule has 30 heavy (non-hydrogen) atoms. The van der Waals surface area contributed by atoms with Gasteiger partial charge in [0.1, 0.15) is 0 Å². The molecule has 0 radical (unpaired) electrons. The van der Waals surface area contributed by atoms with Gasteiger partial charge in [0.05, 0.1) is 0 Å². The molecule has 154 valence electrons. The van der Waals surface area contributed by atoms with Gasteiger partial charge in [-0.25, -0.2) is 0 Å². The summed E-state index contributed by atoms with van der Waals surface area (Å²) in [4.78, 5) is 0. The molecule has 3 nitrogen and oxygen atoms in total. The average Bonchev–Trinajstić information content (AvgIpc) is 2.82. The van der Waals surface area contributed by atoms with Crippen molar-refractivity contribution in [2.24, 2.45) is 5.84 Å². The molecule has 4 rings (SSSR count). The minimum absolute atomic E-state index is 0.166. The molecule has 1 heterocycles. The fourth-order valence-corrected chi connectivity index (χ4v) is 4.45. The molecule has 0 aliphatic carbocycles. The molecule has 3 aromatic rings. The third-order valence-electron chi connectivity index (χ3n) is 4.54. The Morgan fingerprint density at radius 1 is 0.700 bits per heavy atom. The number of hydrogen-bond donors (Lipinski definition) is 3. The number of halogens is 1. The van der Waals surface area contributed by atoms with Gasteiger partial charge in [-0.1, -0.05) is 99.6 Å². The Hall–Kier alpha value is -2.38. The van der Waals surface area contributed by atoms with Crippen molar-refractivity contribution in [3.63, 3.8) is 0 Å². The van der Waals surface area contributed by atoms with Crippen molar-refractivity contribution in [1.29, 1.82) is 0 Å². The van der Waals surface area contributed by atoms with Crippen LogP contribution in [0.1, 0.15) is 22.3 Å². The maximum Gasteiger partial charge on any atom is 0.0348 e. The van der Waals surface area contributed by atoms with Gasteiger partial charge in [-0.3, -0.25) is 11.3 Å². The minimum atomic E-state index is 0.166. The number of benzene rings is 3. The predicted molar refractivity (Wildman–Crippen MR) is 138 cm³/mol. The van der Waals surface area contributed by atoms with Gasteiger partial charge in [0.15, 0.2) is 0 Å². The Labute approximate surface area is 189 Å². The van der Waals surface area contributed by atoms with Gasteiger partial charge in [-0.05, 0) is 54.1 Å². The van der Waals surface area contributed by atoms with Crippen LogP contribution in [0.4, 0.5) is 0 Å². The van der Waals surface area contributed by atoms with Crippen LogP contribution in [0.25, 0.3) is 5.57 Å². The SMILES string of the molecule is NNCc1cccc(C2=CC=IC=C2)c1.c1ccc(CNCc2ccccc2)cc1.